The number of rotatable bonds is 3. The van der Waals surface area contributed by atoms with Gasteiger partial charge in [0.15, 0.2) is 0 Å². The number of aromatic nitrogens is 2. The largest absolute Gasteiger partial charge is 0.496 e. The van der Waals surface area contributed by atoms with Gasteiger partial charge in [-0.3, -0.25) is 0 Å². The average molecular weight is 324 g/mol. The Balaban J connectivity index is 2.60. The summed E-state index contributed by atoms with van der Waals surface area (Å²) in [5.41, 5.74) is 9.05. The van der Waals surface area contributed by atoms with Crippen LogP contribution < -0.4 is 10.5 Å². The van der Waals surface area contributed by atoms with E-state index in [-0.39, 0.29) is 0 Å². The van der Waals surface area contributed by atoms with Gasteiger partial charge >= 0.3 is 0 Å². The molecule has 0 aliphatic rings. The maximum atomic E-state index is 5.83. The van der Waals surface area contributed by atoms with E-state index in [1.807, 2.05) is 23.7 Å². The zero-order valence-electron chi connectivity index (χ0n) is 11.6. The van der Waals surface area contributed by atoms with E-state index in [9.17, 15) is 0 Å². The summed E-state index contributed by atoms with van der Waals surface area (Å²) in [4.78, 5) is 4.23. The van der Waals surface area contributed by atoms with Crippen molar-refractivity contribution in [3.8, 4) is 17.0 Å². The molecule has 2 N–H and O–H groups in total. The number of ether oxygens (including phenoxy) is 1. The molecular formula is C14H18BrN3O. The Morgan fingerprint density at radius 2 is 2.05 bits per heavy atom. The standard InChI is InChI=1S/C14H18BrN3O/c1-8(2)10-7-9(5-6-11(10)19-4)12-13(15)17-14(16)18(12)3/h5-8H,1-4H3,(H2,16,17). The van der Waals surface area contributed by atoms with Gasteiger partial charge < -0.3 is 15.0 Å². The molecule has 4 nitrogen and oxygen atoms in total. The first-order chi connectivity index (χ1) is 8.95. The van der Waals surface area contributed by atoms with Crippen LogP contribution in [0.3, 0.4) is 0 Å². The van der Waals surface area contributed by atoms with Crippen LogP contribution in [0.2, 0.25) is 0 Å². The number of anilines is 1. The summed E-state index contributed by atoms with van der Waals surface area (Å²) in [5.74, 6) is 1.79. The van der Waals surface area contributed by atoms with Gasteiger partial charge in [0.05, 0.1) is 12.8 Å². The molecule has 0 saturated carbocycles. The first kappa shape index (κ1) is 13.9. The fraction of sp³-hybridized carbons (Fsp3) is 0.357. The lowest BCUT2D eigenvalue weighted by Crippen LogP contribution is -2.00. The lowest BCUT2D eigenvalue weighted by molar-refractivity contribution is 0.407. The number of benzene rings is 1. The van der Waals surface area contributed by atoms with E-state index in [4.69, 9.17) is 10.5 Å². The first-order valence-electron chi connectivity index (χ1n) is 6.11. The molecule has 1 aromatic carbocycles. The van der Waals surface area contributed by atoms with Crippen LogP contribution in [0.15, 0.2) is 22.8 Å². The van der Waals surface area contributed by atoms with Crippen molar-refractivity contribution in [1.82, 2.24) is 9.55 Å². The minimum atomic E-state index is 0.388. The van der Waals surface area contributed by atoms with E-state index in [0.717, 1.165) is 21.6 Å². The molecule has 2 rings (SSSR count). The van der Waals surface area contributed by atoms with E-state index in [1.165, 1.54) is 5.56 Å². The smallest absolute Gasteiger partial charge is 0.201 e. The highest BCUT2D eigenvalue weighted by Crippen LogP contribution is 2.35. The maximum absolute atomic E-state index is 5.83. The van der Waals surface area contributed by atoms with Crippen LogP contribution in [-0.4, -0.2) is 16.7 Å². The Kier molecular flexibility index (Phi) is 3.85. The molecule has 0 amide bonds. The Hall–Kier alpha value is -1.49. The SMILES string of the molecule is COc1ccc(-c2c(Br)nc(N)n2C)cc1C(C)C. The van der Waals surface area contributed by atoms with E-state index in [1.54, 1.807) is 7.11 Å². The summed E-state index contributed by atoms with van der Waals surface area (Å²) in [6.45, 7) is 4.29. The number of imidazole rings is 1. The van der Waals surface area contributed by atoms with Gasteiger partial charge in [-0.25, -0.2) is 4.98 Å². The highest BCUT2D eigenvalue weighted by molar-refractivity contribution is 9.10. The molecule has 2 aromatic rings. The molecule has 1 heterocycles. The number of hydrogen-bond donors (Lipinski definition) is 1. The van der Waals surface area contributed by atoms with Crippen LogP contribution in [0.1, 0.15) is 25.3 Å². The molecule has 5 heteroatoms. The number of halogens is 1. The molecule has 0 aliphatic carbocycles. The van der Waals surface area contributed by atoms with Crippen molar-refractivity contribution < 1.29 is 4.74 Å². The number of hydrogen-bond acceptors (Lipinski definition) is 3. The monoisotopic (exact) mass is 323 g/mol. The summed E-state index contributed by atoms with van der Waals surface area (Å²) in [6.07, 6.45) is 0. The highest BCUT2D eigenvalue weighted by atomic mass is 79.9. The molecule has 0 unspecified atom stereocenters. The topological polar surface area (TPSA) is 53.1 Å². The summed E-state index contributed by atoms with van der Waals surface area (Å²) >= 11 is 3.46. The Morgan fingerprint density at radius 3 is 2.53 bits per heavy atom. The predicted octanol–water partition coefficient (Wildman–Crippen LogP) is 3.56. The Labute approximate surface area is 121 Å². The zero-order valence-corrected chi connectivity index (χ0v) is 13.2. The van der Waals surface area contributed by atoms with Gasteiger partial charge in [-0.2, -0.15) is 0 Å². The molecule has 0 aliphatic heterocycles. The van der Waals surface area contributed by atoms with Crippen LogP contribution >= 0.6 is 15.9 Å². The second kappa shape index (κ2) is 5.25. The average Bonchev–Trinajstić information content (AvgIpc) is 2.62. The lowest BCUT2D eigenvalue weighted by atomic mass is 9.98. The summed E-state index contributed by atoms with van der Waals surface area (Å²) < 4.78 is 8.03. The van der Waals surface area contributed by atoms with Crippen molar-refractivity contribution in [3.63, 3.8) is 0 Å². The number of nitrogen functional groups attached to an aromatic ring is 1. The van der Waals surface area contributed by atoms with Crippen molar-refractivity contribution in [1.29, 1.82) is 0 Å². The van der Waals surface area contributed by atoms with Crippen molar-refractivity contribution in [3.05, 3.63) is 28.4 Å². The van der Waals surface area contributed by atoms with Gasteiger partial charge in [-0.15, -0.1) is 0 Å². The maximum Gasteiger partial charge on any atom is 0.201 e. The summed E-state index contributed by atoms with van der Waals surface area (Å²) in [5, 5.41) is 0. The molecular weight excluding hydrogens is 306 g/mol. The highest BCUT2D eigenvalue weighted by Gasteiger charge is 2.15. The molecule has 19 heavy (non-hydrogen) atoms. The molecule has 1 aromatic heterocycles. The third kappa shape index (κ3) is 2.47. The van der Waals surface area contributed by atoms with Crippen LogP contribution in [0.25, 0.3) is 11.3 Å². The van der Waals surface area contributed by atoms with Gasteiger partial charge in [-0.1, -0.05) is 13.8 Å². The van der Waals surface area contributed by atoms with Crippen molar-refractivity contribution in [2.75, 3.05) is 12.8 Å². The van der Waals surface area contributed by atoms with E-state index in [0.29, 0.717) is 11.9 Å². The summed E-state index contributed by atoms with van der Waals surface area (Å²) in [7, 11) is 3.60. The van der Waals surface area contributed by atoms with Gasteiger partial charge in [0.25, 0.3) is 0 Å². The van der Waals surface area contributed by atoms with Crippen molar-refractivity contribution in [2.24, 2.45) is 7.05 Å². The molecule has 0 bridgehead atoms. The fourth-order valence-corrected chi connectivity index (χ4v) is 2.80. The zero-order chi connectivity index (χ0) is 14.2. The molecule has 0 atom stereocenters. The van der Waals surface area contributed by atoms with Crippen LogP contribution in [0.4, 0.5) is 5.95 Å². The lowest BCUT2D eigenvalue weighted by Gasteiger charge is -2.14. The van der Waals surface area contributed by atoms with E-state index >= 15 is 0 Å². The van der Waals surface area contributed by atoms with Crippen LogP contribution in [0.5, 0.6) is 5.75 Å². The van der Waals surface area contributed by atoms with Gasteiger partial charge in [0, 0.05) is 12.6 Å². The fourth-order valence-electron chi connectivity index (χ4n) is 2.13. The minimum absolute atomic E-state index is 0.388. The number of nitrogens with two attached hydrogens (primary N) is 1. The molecule has 102 valence electrons. The third-order valence-corrected chi connectivity index (χ3v) is 3.77. The van der Waals surface area contributed by atoms with Crippen LogP contribution in [0, 0.1) is 0 Å². The predicted molar refractivity (Wildman–Crippen MR) is 81.4 cm³/mol. The van der Waals surface area contributed by atoms with Crippen molar-refractivity contribution >= 4 is 21.9 Å². The molecule has 0 fully saturated rings. The second-order valence-electron chi connectivity index (χ2n) is 4.78. The Morgan fingerprint density at radius 1 is 1.37 bits per heavy atom. The van der Waals surface area contributed by atoms with Gasteiger partial charge in [-0.05, 0) is 45.6 Å². The van der Waals surface area contributed by atoms with E-state index in [2.05, 4.69) is 40.8 Å². The molecule has 0 radical (unpaired) electrons. The normalized spacial score (nSPS) is 11.1. The molecule has 0 saturated heterocycles. The van der Waals surface area contributed by atoms with Gasteiger partial charge in [0.2, 0.25) is 5.95 Å². The minimum Gasteiger partial charge on any atom is -0.496 e. The Bertz CT molecular complexity index is 605. The first-order valence-corrected chi connectivity index (χ1v) is 6.91. The quantitative estimate of drug-likeness (QED) is 0.939. The van der Waals surface area contributed by atoms with E-state index < -0.39 is 0 Å². The van der Waals surface area contributed by atoms with Crippen molar-refractivity contribution in [2.45, 2.75) is 19.8 Å². The molecule has 0 spiro atoms. The summed E-state index contributed by atoms with van der Waals surface area (Å²) in [6, 6.07) is 6.14. The third-order valence-electron chi connectivity index (χ3n) is 3.21. The number of methoxy groups -OCH3 is 1. The second-order valence-corrected chi connectivity index (χ2v) is 5.53. The van der Waals surface area contributed by atoms with Gasteiger partial charge in [0.1, 0.15) is 10.4 Å². The number of nitrogens with zero attached hydrogens (tertiary/aromatic N) is 2. The van der Waals surface area contributed by atoms with Crippen LogP contribution in [-0.2, 0) is 7.05 Å².